The molecular formula is C11H18BrNS. The zero-order valence-corrected chi connectivity index (χ0v) is 11.8. The quantitative estimate of drug-likeness (QED) is 0.778. The molecule has 0 radical (unpaired) electrons. The molecule has 0 unspecified atom stereocenters. The number of nitrogens with zero attached hydrogens (tertiary/aromatic N) is 1. The summed E-state index contributed by atoms with van der Waals surface area (Å²) in [7, 11) is 0. The average Bonchev–Trinajstić information content (AvgIpc) is 2.45. The first-order valence-electron chi connectivity index (χ1n) is 5.11. The molecule has 0 saturated heterocycles. The molecule has 1 rings (SSSR count). The van der Waals surface area contributed by atoms with Crippen LogP contribution >= 0.6 is 27.5 Å². The van der Waals surface area contributed by atoms with Crippen molar-refractivity contribution in [2.75, 3.05) is 0 Å². The first-order valence-corrected chi connectivity index (χ1v) is 6.68. The largest absolute Gasteiger partial charge is 0.197 e. The van der Waals surface area contributed by atoms with E-state index in [1.165, 1.54) is 28.6 Å². The van der Waals surface area contributed by atoms with Gasteiger partial charge in [0.2, 0.25) is 0 Å². The highest BCUT2D eigenvalue weighted by molar-refractivity contribution is 9.10. The Labute approximate surface area is 99.2 Å². The van der Waals surface area contributed by atoms with Gasteiger partial charge in [-0.25, -0.2) is 0 Å². The molecular weight excluding hydrogens is 258 g/mol. The Morgan fingerprint density at radius 2 is 2.07 bits per heavy atom. The summed E-state index contributed by atoms with van der Waals surface area (Å²) in [4.78, 5) is 1.39. The van der Waals surface area contributed by atoms with E-state index >= 15 is 0 Å². The maximum atomic E-state index is 4.39. The van der Waals surface area contributed by atoms with E-state index < -0.39 is 0 Å². The first-order chi connectivity index (χ1) is 6.49. The molecule has 0 aliphatic carbocycles. The first kappa shape index (κ1) is 12.2. The van der Waals surface area contributed by atoms with E-state index in [4.69, 9.17) is 0 Å². The lowest BCUT2D eigenvalue weighted by Crippen LogP contribution is -2.15. The molecule has 0 N–H and O–H groups in total. The third kappa shape index (κ3) is 2.57. The van der Waals surface area contributed by atoms with Crippen LogP contribution in [0.2, 0.25) is 0 Å². The van der Waals surface area contributed by atoms with Gasteiger partial charge in [0, 0.05) is 10.3 Å². The third-order valence-corrected chi connectivity index (χ3v) is 5.10. The fourth-order valence-electron chi connectivity index (χ4n) is 1.51. The molecule has 0 atom stereocenters. The molecule has 0 fully saturated rings. The lowest BCUT2D eigenvalue weighted by atomic mass is 9.85. The zero-order valence-electron chi connectivity index (χ0n) is 9.35. The summed E-state index contributed by atoms with van der Waals surface area (Å²) in [6, 6.07) is 0. The number of halogens is 1. The van der Waals surface area contributed by atoms with Crippen LogP contribution in [-0.4, -0.2) is 4.37 Å². The summed E-state index contributed by atoms with van der Waals surface area (Å²) in [5, 5.41) is 0. The Bertz CT molecular complexity index is 304. The SMILES string of the molecule is CCCCC(C)(C)c1snc(C)c1Br. The highest BCUT2D eigenvalue weighted by Crippen LogP contribution is 2.38. The topological polar surface area (TPSA) is 12.9 Å². The molecule has 1 nitrogen and oxygen atoms in total. The van der Waals surface area contributed by atoms with Crippen molar-refractivity contribution < 1.29 is 0 Å². The second kappa shape index (κ2) is 4.75. The van der Waals surface area contributed by atoms with Crippen LogP contribution in [0.1, 0.15) is 50.6 Å². The van der Waals surface area contributed by atoms with Gasteiger partial charge in [-0.3, -0.25) is 0 Å². The van der Waals surface area contributed by atoms with Crippen LogP contribution in [0.25, 0.3) is 0 Å². The molecule has 0 aliphatic rings. The lowest BCUT2D eigenvalue weighted by molar-refractivity contribution is 0.464. The Hall–Kier alpha value is 0.110. The monoisotopic (exact) mass is 275 g/mol. The normalized spacial score (nSPS) is 12.1. The summed E-state index contributed by atoms with van der Waals surface area (Å²) in [5.41, 5.74) is 1.38. The molecule has 1 aromatic rings. The van der Waals surface area contributed by atoms with E-state index in [0.29, 0.717) is 0 Å². The van der Waals surface area contributed by atoms with Crippen LogP contribution in [0.3, 0.4) is 0 Å². The summed E-state index contributed by atoms with van der Waals surface area (Å²) in [6.07, 6.45) is 3.79. The van der Waals surface area contributed by atoms with Crippen molar-refractivity contribution in [2.45, 2.75) is 52.4 Å². The van der Waals surface area contributed by atoms with Crippen molar-refractivity contribution in [3.05, 3.63) is 15.0 Å². The van der Waals surface area contributed by atoms with E-state index in [1.54, 1.807) is 11.5 Å². The van der Waals surface area contributed by atoms with Crippen LogP contribution in [0.5, 0.6) is 0 Å². The van der Waals surface area contributed by atoms with Crippen LogP contribution in [0, 0.1) is 6.92 Å². The molecule has 1 aromatic heterocycles. The molecule has 1 heterocycles. The van der Waals surface area contributed by atoms with Crippen molar-refractivity contribution in [1.82, 2.24) is 4.37 Å². The Kier molecular flexibility index (Phi) is 4.14. The van der Waals surface area contributed by atoms with E-state index in [2.05, 4.69) is 48.0 Å². The highest BCUT2D eigenvalue weighted by atomic mass is 79.9. The fraction of sp³-hybridized carbons (Fsp3) is 0.727. The highest BCUT2D eigenvalue weighted by Gasteiger charge is 2.25. The van der Waals surface area contributed by atoms with Crippen LogP contribution < -0.4 is 0 Å². The number of aryl methyl sites for hydroxylation is 1. The van der Waals surface area contributed by atoms with Crippen molar-refractivity contribution in [3.63, 3.8) is 0 Å². The minimum absolute atomic E-state index is 0.265. The maximum Gasteiger partial charge on any atom is 0.0656 e. The minimum Gasteiger partial charge on any atom is -0.197 e. The molecule has 0 spiro atoms. The molecule has 0 aromatic carbocycles. The van der Waals surface area contributed by atoms with Crippen LogP contribution in [-0.2, 0) is 5.41 Å². The van der Waals surface area contributed by atoms with Crippen LogP contribution in [0.15, 0.2) is 4.47 Å². The van der Waals surface area contributed by atoms with Gasteiger partial charge in [-0.15, -0.1) is 0 Å². The lowest BCUT2D eigenvalue weighted by Gasteiger charge is -2.23. The van der Waals surface area contributed by atoms with Gasteiger partial charge < -0.3 is 0 Å². The predicted octanol–water partition coefficient (Wildman–Crippen LogP) is 4.68. The molecule has 80 valence electrons. The van der Waals surface area contributed by atoms with Gasteiger partial charge in [-0.05, 0) is 40.8 Å². The van der Waals surface area contributed by atoms with Gasteiger partial charge in [-0.2, -0.15) is 4.37 Å². The average molecular weight is 276 g/mol. The second-order valence-electron chi connectivity index (χ2n) is 4.40. The number of unbranched alkanes of at least 4 members (excludes halogenated alkanes) is 1. The maximum absolute atomic E-state index is 4.39. The Balaban J connectivity index is 2.86. The standard InChI is InChI=1S/C11H18BrNS/c1-5-6-7-11(3,4)10-9(12)8(2)13-14-10/h5-7H2,1-4H3. The number of hydrogen-bond donors (Lipinski definition) is 0. The van der Waals surface area contributed by atoms with E-state index in [9.17, 15) is 0 Å². The summed E-state index contributed by atoms with van der Waals surface area (Å²) in [6.45, 7) is 8.91. The van der Waals surface area contributed by atoms with Gasteiger partial charge in [0.1, 0.15) is 0 Å². The second-order valence-corrected chi connectivity index (χ2v) is 5.96. The van der Waals surface area contributed by atoms with E-state index in [0.717, 1.165) is 5.69 Å². The summed E-state index contributed by atoms with van der Waals surface area (Å²) < 4.78 is 5.60. The molecule has 14 heavy (non-hydrogen) atoms. The molecule has 0 aliphatic heterocycles. The summed E-state index contributed by atoms with van der Waals surface area (Å²) >= 11 is 5.26. The van der Waals surface area contributed by atoms with Crippen molar-refractivity contribution in [3.8, 4) is 0 Å². The van der Waals surface area contributed by atoms with E-state index in [-0.39, 0.29) is 5.41 Å². The number of rotatable bonds is 4. The Morgan fingerprint density at radius 3 is 2.50 bits per heavy atom. The number of aromatic nitrogens is 1. The van der Waals surface area contributed by atoms with Gasteiger partial charge in [0.05, 0.1) is 10.2 Å². The fourth-order valence-corrected chi connectivity index (χ4v) is 3.37. The molecule has 0 amide bonds. The molecule has 0 saturated carbocycles. The number of hydrogen-bond acceptors (Lipinski definition) is 2. The van der Waals surface area contributed by atoms with E-state index in [1.807, 2.05) is 0 Å². The van der Waals surface area contributed by atoms with Gasteiger partial charge in [0.15, 0.2) is 0 Å². The van der Waals surface area contributed by atoms with Crippen LogP contribution in [0.4, 0.5) is 0 Å². The molecule has 3 heteroatoms. The van der Waals surface area contributed by atoms with Crippen molar-refractivity contribution in [1.29, 1.82) is 0 Å². The van der Waals surface area contributed by atoms with Crippen molar-refractivity contribution in [2.24, 2.45) is 0 Å². The predicted molar refractivity (Wildman–Crippen MR) is 67.1 cm³/mol. The molecule has 0 bridgehead atoms. The third-order valence-electron chi connectivity index (χ3n) is 2.56. The minimum atomic E-state index is 0.265. The smallest absolute Gasteiger partial charge is 0.0656 e. The van der Waals surface area contributed by atoms with Gasteiger partial charge in [-0.1, -0.05) is 33.6 Å². The zero-order chi connectivity index (χ0) is 10.8. The summed E-state index contributed by atoms with van der Waals surface area (Å²) in [5.74, 6) is 0. The van der Waals surface area contributed by atoms with Gasteiger partial charge in [0.25, 0.3) is 0 Å². The Morgan fingerprint density at radius 1 is 1.43 bits per heavy atom. The van der Waals surface area contributed by atoms with Crippen molar-refractivity contribution >= 4 is 27.5 Å². The van der Waals surface area contributed by atoms with Gasteiger partial charge >= 0.3 is 0 Å².